The van der Waals surface area contributed by atoms with Crippen molar-refractivity contribution in [3.05, 3.63) is 194 Å². The Morgan fingerprint density at radius 1 is 0.350 bits per heavy atom. The van der Waals surface area contributed by atoms with Gasteiger partial charge in [-0.25, -0.2) is 15.0 Å². The average molecular weight is 765 g/mol. The lowest BCUT2D eigenvalue weighted by Gasteiger charge is -2.14. The van der Waals surface area contributed by atoms with Gasteiger partial charge in [0.1, 0.15) is 11.2 Å². The molecule has 13 aromatic rings. The van der Waals surface area contributed by atoms with E-state index in [1.54, 1.807) is 0 Å². The van der Waals surface area contributed by atoms with Gasteiger partial charge in [-0.05, 0) is 74.1 Å². The normalized spacial score (nSPS) is 12.0. The molecule has 5 nitrogen and oxygen atoms in total. The molecular formula is C55H32N4O. The van der Waals surface area contributed by atoms with Crippen LogP contribution in [0.3, 0.4) is 0 Å². The number of nitrogens with zero attached hydrogens (tertiary/aromatic N) is 4. The van der Waals surface area contributed by atoms with E-state index in [-0.39, 0.29) is 0 Å². The molecule has 278 valence electrons. The topological polar surface area (TPSA) is 56.7 Å². The minimum atomic E-state index is 0.575. The van der Waals surface area contributed by atoms with Crippen molar-refractivity contribution >= 4 is 86.8 Å². The Morgan fingerprint density at radius 2 is 0.883 bits per heavy atom. The van der Waals surface area contributed by atoms with E-state index >= 15 is 0 Å². The van der Waals surface area contributed by atoms with Gasteiger partial charge in [0.05, 0.1) is 16.7 Å². The van der Waals surface area contributed by atoms with Crippen LogP contribution < -0.4 is 0 Å². The van der Waals surface area contributed by atoms with Crippen LogP contribution in [-0.4, -0.2) is 19.5 Å². The Hall–Kier alpha value is -8.15. The molecule has 13 rings (SSSR count). The van der Waals surface area contributed by atoms with Gasteiger partial charge < -0.3 is 8.98 Å². The summed E-state index contributed by atoms with van der Waals surface area (Å²) in [6.07, 6.45) is 0. The van der Waals surface area contributed by atoms with Crippen LogP contribution in [0.15, 0.2) is 199 Å². The summed E-state index contributed by atoms with van der Waals surface area (Å²) in [5.41, 5.74) is 7.50. The van der Waals surface area contributed by atoms with Gasteiger partial charge in [-0.2, -0.15) is 0 Å². The van der Waals surface area contributed by atoms with Crippen molar-refractivity contribution in [1.82, 2.24) is 19.5 Å². The Kier molecular flexibility index (Phi) is 6.95. The lowest BCUT2D eigenvalue weighted by atomic mass is 10.0. The molecule has 0 aliphatic heterocycles. The molecule has 3 aromatic heterocycles. The highest BCUT2D eigenvalue weighted by atomic mass is 16.3. The molecule has 0 spiro atoms. The van der Waals surface area contributed by atoms with Crippen LogP contribution in [0.25, 0.3) is 127 Å². The van der Waals surface area contributed by atoms with Crippen molar-refractivity contribution in [2.45, 2.75) is 0 Å². The van der Waals surface area contributed by atoms with Gasteiger partial charge >= 0.3 is 0 Å². The Labute approximate surface area is 343 Å². The Morgan fingerprint density at radius 3 is 1.57 bits per heavy atom. The molecule has 0 bridgehead atoms. The maximum Gasteiger partial charge on any atom is 0.164 e. The molecule has 0 radical (unpaired) electrons. The molecule has 0 saturated carbocycles. The predicted molar refractivity (Wildman–Crippen MR) is 248 cm³/mol. The lowest BCUT2D eigenvalue weighted by Crippen LogP contribution is -2.02. The molecule has 0 saturated heterocycles. The van der Waals surface area contributed by atoms with E-state index in [4.69, 9.17) is 19.4 Å². The second-order valence-electron chi connectivity index (χ2n) is 15.6. The van der Waals surface area contributed by atoms with Gasteiger partial charge in [0.25, 0.3) is 0 Å². The third-order valence-electron chi connectivity index (χ3n) is 12.1. The summed E-state index contributed by atoms with van der Waals surface area (Å²) >= 11 is 0. The highest BCUT2D eigenvalue weighted by Crippen LogP contribution is 2.43. The van der Waals surface area contributed by atoms with Crippen molar-refractivity contribution in [3.63, 3.8) is 0 Å². The molecule has 0 aliphatic rings. The fourth-order valence-electron chi connectivity index (χ4n) is 9.29. The first-order valence-corrected chi connectivity index (χ1v) is 20.3. The maximum atomic E-state index is 6.78. The summed E-state index contributed by atoms with van der Waals surface area (Å²) in [6.45, 7) is 0. The molecule has 0 N–H and O–H groups in total. The maximum absolute atomic E-state index is 6.78. The quantitative estimate of drug-likeness (QED) is 0.179. The van der Waals surface area contributed by atoms with E-state index < -0.39 is 0 Å². The van der Waals surface area contributed by atoms with Crippen LogP contribution in [0.5, 0.6) is 0 Å². The first kappa shape index (κ1) is 32.9. The zero-order chi connectivity index (χ0) is 39.3. The van der Waals surface area contributed by atoms with Crippen molar-refractivity contribution in [2.75, 3.05) is 0 Å². The summed E-state index contributed by atoms with van der Waals surface area (Å²) in [4.78, 5) is 15.9. The molecule has 0 aliphatic carbocycles. The van der Waals surface area contributed by atoms with Crippen LogP contribution in [-0.2, 0) is 0 Å². The monoisotopic (exact) mass is 764 g/mol. The molecule has 10 aromatic carbocycles. The van der Waals surface area contributed by atoms with E-state index in [1.807, 2.05) is 12.1 Å². The van der Waals surface area contributed by atoms with Crippen LogP contribution >= 0.6 is 0 Å². The smallest absolute Gasteiger partial charge is 0.164 e. The Balaban J connectivity index is 1.15. The second-order valence-corrected chi connectivity index (χ2v) is 15.6. The minimum absolute atomic E-state index is 0.575. The van der Waals surface area contributed by atoms with Crippen LogP contribution in [0.4, 0.5) is 0 Å². The van der Waals surface area contributed by atoms with Crippen LogP contribution in [0, 0.1) is 0 Å². The molecule has 0 amide bonds. The summed E-state index contributed by atoms with van der Waals surface area (Å²) in [5.74, 6) is 1.79. The van der Waals surface area contributed by atoms with Gasteiger partial charge in [0.15, 0.2) is 17.5 Å². The number of furan rings is 1. The van der Waals surface area contributed by atoms with E-state index in [2.05, 4.69) is 187 Å². The standard InChI is InChI=1S/C55H32N4O/c1-3-14-36-27-40(23-21-33(36)11-1)53-56-54(41-24-22-34-12-2-4-15-37(34)28-41)58-55(57-53)47-31-42(32-50-51(47)45-19-9-10-20-49(45)60-50)59-48-30-39-17-6-5-16-38(39)29-46(48)44-26-25-35-13-7-8-18-43(35)52(44)59/h1-32H. The summed E-state index contributed by atoms with van der Waals surface area (Å²) in [7, 11) is 0. The number of hydrogen-bond acceptors (Lipinski definition) is 4. The SMILES string of the molecule is c1ccc2cc(-c3nc(-c4ccc5ccccc5c4)nc(-c4cc(-n5c6cc7ccccc7cc6c6ccc7ccccc7c65)cc5oc6ccccc6c45)n3)ccc2c1. The number of fused-ring (bicyclic) bond motifs is 11. The van der Waals surface area contributed by atoms with Crippen LogP contribution in [0.2, 0.25) is 0 Å². The van der Waals surface area contributed by atoms with Gasteiger partial charge in [0.2, 0.25) is 0 Å². The number of rotatable bonds is 4. The molecule has 0 fully saturated rings. The second kappa shape index (κ2) is 12.7. The van der Waals surface area contributed by atoms with Gasteiger partial charge in [0, 0.05) is 49.7 Å². The highest BCUT2D eigenvalue weighted by Gasteiger charge is 2.23. The van der Waals surface area contributed by atoms with Crippen molar-refractivity contribution in [2.24, 2.45) is 0 Å². The third-order valence-corrected chi connectivity index (χ3v) is 12.1. The average Bonchev–Trinajstić information content (AvgIpc) is 3.85. The first-order chi connectivity index (χ1) is 29.7. The van der Waals surface area contributed by atoms with Gasteiger partial charge in [-0.1, -0.05) is 152 Å². The molecular weight excluding hydrogens is 733 g/mol. The number of aromatic nitrogens is 4. The Bertz CT molecular complexity index is 3820. The number of para-hydroxylation sites is 1. The van der Waals surface area contributed by atoms with Crippen molar-refractivity contribution in [1.29, 1.82) is 0 Å². The van der Waals surface area contributed by atoms with E-state index in [0.29, 0.717) is 17.5 Å². The zero-order valence-corrected chi connectivity index (χ0v) is 32.2. The largest absolute Gasteiger partial charge is 0.456 e. The summed E-state index contributed by atoms with van der Waals surface area (Å²) in [5, 5.41) is 13.7. The molecule has 0 unspecified atom stereocenters. The van der Waals surface area contributed by atoms with Crippen molar-refractivity contribution in [3.8, 4) is 39.9 Å². The fourth-order valence-corrected chi connectivity index (χ4v) is 9.29. The highest BCUT2D eigenvalue weighted by molar-refractivity contribution is 6.21. The van der Waals surface area contributed by atoms with E-state index in [0.717, 1.165) is 76.9 Å². The number of hydrogen-bond donors (Lipinski definition) is 0. The molecule has 3 heterocycles. The van der Waals surface area contributed by atoms with E-state index in [9.17, 15) is 0 Å². The lowest BCUT2D eigenvalue weighted by molar-refractivity contribution is 0.668. The first-order valence-electron chi connectivity index (χ1n) is 20.3. The molecule has 5 heteroatoms. The summed E-state index contributed by atoms with van der Waals surface area (Å²) in [6, 6.07) is 68.7. The predicted octanol–water partition coefficient (Wildman–Crippen LogP) is 14.5. The van der Waals surface area contributed by atoms with E-state index in [1.165, 1.54) is 32.3 Å². The summed E-state index contributed by atoms with van der Waals surface area (Å²) < 4.78 is 9.18. The van der Waals surface area contributed by atoms with Crippen molar-refractivity contribution < 1.29 is 4.42 Å². The molecule has 60 heavy (non-hydrogen) atoms. The fraction of sp³-hybridized carbons (Fsp3) is 0. The third kappa shape index (κ3) is 5.03. The van der Waals surface area contributed by atoms with Gasteiger partial charge in [-0.3, -0.25) is 0 Å². The van der Waals surface area contributed by atoms with Gasteiger partial charge in [-0.15, -0.1) is 0 Å². The molecule has 0 atom stereocenters. The van der Waals surface area contributed by atoms with Crippen LogP contribution in [0.1, 0.15) is 0 Å². The minimum Gasteiger partial charge on any atom is -0.456 e. The zero-order valence-electron chi connectivity index (χ0n) is 32.2. The number of benzene rings is 10.